The summed E-state index contributed by atoms with van der Waals surface area (Å²) >= 11 is 0. The van der Waals surface area contributed by atoms with Crippen molar-refractivity contribution in [2.45, 2.75) is 31.7 Å². The topological polar surface area (TPSA) is 64.3 Å². The van der Waals surface area contributed by atoms with Crippen molar-refractivity contribution in [3.05, 3.63) is 29.6 Å². The molecule has 120 valence electrons. The summed E-state index contributed by atoms with van der Waals surface area (Å²) in [6, 6.07) is 4.89. The second-order valence-corrected chi connectivity index (χ2v) is 6.45. The molecule has 4 unspecified atom stereocenters. The molecule has 1 aromatic rings. The molecule has 0 spiro atoms. The van der Waals surface area contributed by atoms with Crippen molar-refractivity contribution >= 4 is 5.91 Å². The summed E-state index contributed by atoms with van der Waals surface area (Å²) in [7, 11) is 1.44. The molecule has 0 aromatic heterocycles. The number of fused-ring (bicyclic) bond motifs is 2. The van der Waals surface area contributed by atoms with E-state index >= 15 is 0 Å². The van der Waals surface area contributed by atoms with E-state index in [-0.39, 0.29) is 29.4 Å². The van der Waals surface area contributed by atoms with Crippen molar-refractivity contribution in [2.75, 3.05) is 13.7 Å². The highest BCUT2D eigenvalue weighted by atomic mass is 19.1. The molecule has 2 aliphatic rings. The van der Waals surface area contributed by atoms with Gasteiger partial charge in [-0.05, 0) is 55.2 Å². The Kier molecular flexibility index (Phi) is 4.34. The fourth-order valence-electron chi connectivity index (χ4n) is 4.04. The minimum Gasteiger partial charge on any atom is -0.494 e. The predicted molar refractivity (Wildman–Crippen MR) is 82.0 cm³/mol. The summed E-state index contributed by atoms with van der Waals surface area (Å²) in [5.41, 5.74) is 7.02. The molecule has 0 heterocycles. The number of nitrogens with one attached hydrogen (secondary N) is 1. The molecule has 22 heavy (non-hydrogen) atoms. The number of halogens is 1. The Bertz CT molecular complexity index is 562. The van der Waals surface area contributed by atoms with Gasteiger partial charge in [0, 0.05) is 12.6 Å². The van der Waals surface area contributed by atoms with E-state index in [0.29, 0.717) is 24.8 Å². The number of amides is 1. The fraction of sp³-hybridized carbons (Fsp3) is 0.588. The Balaban J connectivity index is 1.51. The summed E-state index contributed by atoms with van der Waals surface area (Å²) in [6.45, 7) is 0.505. The van der Waals surface area contributed by atoms with Gasteiger partial charge in [-0.3, -0.25) is 4.79 Å². The quantitative estimate of drug-likeness (QED) is 0.873. The monoisotopic (exact) mass is 306 g/mol. The third-order valence-electron chi connectivity index (χ3n) is 5.21. The van der Waals surface area contributed by atoms with Gasteiger partial charge in [-0.25, -0.2) is 4.39 Å². The molecule has 4 atom stereocenters. The van der Waals surface area contributed by atoms with E-state index < -0.39 is 0 Å². The lowest BCUT2D eigenvalue weighted by atomic mass is 9.84. The first-order valence-corrected chi connectivity index (χ1v) is 7.96. The first kappa shape index (κ1) is 15.3. The van der Waals surface area contributed by atoms with Gasteiger partial charge in [0.25, 0.3) is 0 Å². The van der Waals surface area contributed by atoms with Gasteiger partial charge in [-0.2, -0.15) is 0 Å². The van der Waals surface area contributed by atoms with Crippen LogP contribution in [-0.2, 0) is 11.2 Å². The van der Waals surface area contributed by atoms with Crippen molar-refractivity contribution in [3.8, 4) is 5.75 Å². The number of nitrogens with two attached hydrogens (primary N) is 1. The minimum absolute atomic E-state index is 0.0113. The summed E-state index contributed by atoms with van der Waals surface area (Å²) < 4.78 is 18.5. The Morgan fingerprint density at radius 1 is 1.41 bits per heavy atom. The lowest BCUT2D eigenvalue weighted by Gasteiger charge is -2.27. The van der Waals surface area contributed by atoms with E-state index in [9.17, 15) is 9.18 Å². The van der Waals surface area contributed by atoms with Crippen LogP contribution < -0.4 is 15.8 Å². The number of hydrogen-bond donors (Lipinski definition) is 2. The average Bonchev–Trinajstić information content (AvgIpc) is 3.08. The number of rotatable bonds is 5. The van der Waals surface area contributed by atoms with E-state index in [1.165, 1.54) is 19.6 Å². The molecular weight excluding hydrogens is 283 g/mol. The lowest BCUT2D eigenvalue weighted by Crippen LogP contribution is -2.45. The molecule has 4 nitrogen and oxygen atoms in total. The maximum Gasteiger partial charge on any atom is 0.224 e. The summed E-state index contributed by atoms with van der Waals surface area (Å²) in [5, 5.41) is 2.96. The molecule has 2 fully saturated rings. The third kappa shape index (κ3) is 2.82. The average molecular weight is 306 g/mol. The molecule has 0 radical (unpaired) electrons. The van der Waals surface area contributed by atoms with Gasteiger partial charge in [0.1, 0.15) is 0 Å². The number of ether oxygens (including phenoxy) is 1. The maximum absolute atomic E-state index is 13.6. The summed E-state index contributed by atoms with van der Waals surface area (Å²) in [6.07, 6.45) is 3.99. The normalized spacial score (nSPS) is 29.6. The van der Waals surface area contributed by atoms with Crippen LogP contribution in [0.25, 0.3) is 0 Å². The highest BCUT2D eigenvalue weighted by Gasteiger charge is 2.48. The van der Waals surface area contributed by atoms with Gasteiger partial charge in [0.2, 0.25) is 5.91 Å². The number of hydrogen-bond acceptors (Lipinski definition) is 3. The fourth-order valence-corrected chi connectivity index (χ4v) is 4.04. The second-order valence-electron chi connectivity index (χ2n) is 6.45. The largest absolute Gasteiger partial charge is 0.494 e. The van der Waals surface area contributed by atoms with E-state index in [2.05, 4.69) is 5.32 Å². The molecule has 0 aliphatic heterocycles. The van der Waals surface area contributed by atoms with Crippen molar-refractivity contribution in [3.63, 3.8) is 0 Å². The first-order chi connectivity index (χ1) is 10.6. The van der Waals surface area contributed by atoms with E-state index in [4.69, 9.17) is 10.5 Å². The zero-order chi connectivity index (χ0) is 15.7. The number of carbonyl (C=O) groups is 1. The second kappa shape index (κ2) is 6.24. The van der Waals surface area contributed by atoms with Crippen LogP contribution in [0.5, 0.6) is 5.75 Å². The SMILES string of the molecule is COc1ccc(CCNC(=O)C2C3CCC(C3)C2N)cc1F. The van der Waals surface area contributed by atoms with Crippen LogP contribution in [0.2, 0.25) is 0 Å². The van der Waals surface area contributed by atoms with Crippen molar-refractivity contribution in [1.82, 2.24) is 5.32 Å². The highest BCUT2D eigenvalue weighted by molar-refractivity contribution is 5.80. The maximum atomic E-state index is 13.6. The van der Waals surface area contributed by atoms with Crippen LogP contribution in [-0.4, -0.2) is 25.6 Å². The molecule has 2 aliphatic carbocycles. The van der Waals surface area contributed by atoms with Crippen LogP contribution in [0.15, 0.2) is 18.2 Å². The van der Waals surface area contributed by atoms with E-state index in [0.717, 1.165) is 18.4 Å². The smallest absolute Gasteiger partial charge is 0.224 e. The number of carbonyl (C=O) groups excluding carboxylic acids is 1. The third-order valence-corrected chi connectivity index (χ3v) is 5.21. The molecule has 1 amide bonds. The van der Waals surface area contributed by atoms with Crippen LogP contribution in [0.1, 0.15) is 24.8 Å². The summed E-state index contributed by atoms with van der Waals surface area (Å²) in [5.74, 6) is 0.872. The zero-order valence-corrected chi connectivity index (χ0v) is 12.8. The molecule has 3 rings (SSSR count). The minimum atomic E-state index is -0.374. The van der Waals surface area contributed by atoms with Crippen LogP contribution >= 0.6 is 0 Å². The number of benzene rings is 1. The van der Waals surface area contributed by atoms with Crippen LogP contribution in [0.4, 0.5) is 4.39 Å². The molecular formula is C17H23FN2O2. The van der Waals surface area contributed by atoms with Crippen LogP contribution in [0.3, 0.4) is 0 Å². The van der Waals surface area contributed by atoms with Crippen LogP contribution in [0, 0.1) is 23.6 Å². The van der Waals surface area contributed by atoms with Gasteiger partial charge < -0.3 is 15.8 Å². The van der Waals surface area contributed by atoms with Crippen molar-refractivity contribution < 1.29 is 13.9 Å². The molecule has 2 saturated carbocycles. The standard InChI is InChI=1S/C17H23FN2O2/c1-22-14-5-2-10(8-13(14)18)6-7-20-17(21)15-11-3-4-12(9-11)16(15)19/h2,5,8,11-12,15-16H,3-4,6-7,9,19H2,1H3,(H,20,21). The number of methoxy groups -OCH3 is 1. The Labute approximate surface area is 130 Å². The van der Waals surface area contributed by atoms with Crippen molar-refractivity contribution in [2.24, 2.45) is 23.5 Å². The van der Waals surface area contributed by atoms with Gasteiger partial charge in [-0.15, -0.1) is 0 Å². The van der Waals surface area contributed by atoms with Gasteiger partial charge in [0.05, 0.1) is 13.0 Å². The highest BCUT2D eigenvalue weighted by Crippen LogP contribution is 2.47. The Morgan fingerprint density at radius 3 is 2.82 bits per heavy atom. The zero-order valence-electron chi connectivity index (χ0n) is 12.8. The molecule has 1 aromatic carbocycles. The lowest BCUT2D eigenvalue weighted by molar-refractivity contribution is -0.127. The summed E-state index contributed by atoms with van der Waals surface area (Å²) in [4.78, 5) is 12.3. The predicted octanol–water partition coefficient (Wildman–Crippen LogP) is 1.87. The van der Waals surface area contributed by atoms with E-state index in [1.807, 2.05) is 6.07 Å². The molecule has 3 N–H and O–H groups in total. The Hall–Kier alpha value is -1.62. The molecule has 5 heteroatoms. The van der Waals surface area contributed by atoms with Crippen molar-refractivity contribution in [1.29, 1.82) is 0 Å². The van der Waals surface area contributed by atoms with Gasteiger partial charge in [-0.1, -0.05) is 6.07 Å². The van der Waals surface area contributed by atoms with E-state index in [1.54, 1.807) is 6.07 Å². The van der Waals surface area contributed by atoms with Gasteiger partial charge in [0.15, 0.2) is 11.6 Å². The molecule has 0 saturated heterocycles. The first-order valence-electron chi connectivity index (χ1n) is 7.96. The molecule has 2 bridgehead atoms. The van der Waals surface area contributed by atoms with Gasteiger partial charge >= 0.3 is 0 Å². The Morgan fingerprint density at radius 2 is 2.18 bits per heavy atom.